The fourth-order valence-electron chi connectivity index (χ4n) is 2.28. The van der Waals surface area contributed by atoms with E-state index in [4.69, 9.17) is 4.98 Å². The van der Waals surface area contributed by atoms with E-state index in [1.165, 1.54) is 29.2 Å². The zero-order valence-electron chi connectivity index (χ0n) is 10.8. The number of nitrogens with zero attached hydrogens (tertiary/aromatic N) is 1. The van der Waals surface area contributed by atoms with E-state index in [0.717, 1.165) is 24.0 Å². The summed E-state index contributed by atoms with van der Waals surface area (Å²) >= 11 is 3.85. The predicted octanol–water partition coefficient (Wildman–Crippen LogP) is 3.80. The van der Waals surface area contributed by atoms with Crippen LogP contribution in [0.4, 0.5) is 0 Å². The van der Waals surface area contributed by atoms with Crippen LogP contribution in [0.3, 0.4) is 0 Å². The fraction of sp³-hybridized carbons (Fsp3) is 0.400. The lowest BCUT2D eigenvalue weighted by Crippen LogP contribution is -2.22. The number of hydrogen-bond acceptors (Lipinski definition) is 4. The van der Waals surface area contributed by atoms with Gasteiger partial charge in [0, 0.05) is 29.3 Å². The van der Waals surface area contributed by atoms with Crippen molar-refractivity contribution >= 4 is 23.1 Å². The van der Waals surface area contributed by atoms with Crippen LogP contribution in [0.2, 0.25) is 0 Å². The van der Waals surface area contributed by atoms with E-state index in [1.54, 1.807) is 11.3 Å². The zero-order valence-corrected chi connectivity index (χ0v) is 12.5. The maximum absolute atomic E-state index is 4.69. The van der Waals surface area contributed by atoms with Crippen LogP contribution in [0, 0.1) is 0 Å². The van der Waals surface area contributed by atoms with Crippen LogP contribution in [0.25, 0.3) is 11.3 Å². The van der Waals surface area contributed by atoms with Gasteiger partial charge in [-0.15, -0.1) is 11.3 Å². The van der Waals surface area contributed by atoms with Crippen molar-refractivity contribution in [1.82, 2.24) is 10.3 Å². The lowest BCUT2D eigenvalue weighted by Gasteiger charge is -2.08. The molecule has 0 saturated carbocycles. The van der Waals surface area contributed by atoms with Gasteiger partial charge in [-0.3, -0.25) is 0 Å². The Hall–Kier alpha value is -0.840. The van der Waals surface area contributed by atoms with E-state index in [9.17, 15) is 0 Å². The average molecular weight is 290 g/mol. The van der Waals surface area contributed by atoms with Gasteiger partial charge in [0.15, 0.2) is 0 Å². The van der Waals surface area contributed by atoms with Crippen molar-refractivity contribution in [3.05, 3.63) is 40.7 Å². The number of hydrogen-bond donors (Lipinski definition) is 1. The molecule has 1 aliphatic heterocycles. The Morgan fingerprint density at radius 2 is 2.16 bits per heavy atom. The zero-order chi connectivity index (χ0) is 12.9. The molecule has 0 amide bonds. The normalized spacial score (nSPS) is 18.8. The lowest BCUT2D eigenvalue weighted by molar-refractivity contribution is 0.644. The van der Waals surface area contributed by atoms with Crippen LogP contribution in [0.5, 0.6) is 0 Å². The molecule has 0 radical (unpaired) electrons. The quantitative estimate of drug-likeness (QED) is 0.907. The summed E-state index contributed by atoms with van der Waals surface area (Å²) in [7, 11) is 0. The Morgan fingerprint density at radius 3 is 2.95 bits per heavy atom. The van der Waals surface area contributed by atoms with E-state index < -0.39 is 0 Å². The third-order valence-electron chi connectivity index (χ3n) is 3.29. The largest absolute Gasteiger partial charge is 0.309 e. The molecule has 1 saturated heterocycles. The van der Waals surface area contributed by atoms with Gasteiger partial charge >= 0.3 is 0 Å². The molecule has 3 rings (SSSR count). The molecule has 1 fully saturated rings. The molecule has 4 heteroatoms. The Kier molecular flexibility index (Phi) is 4.53. The van der Waals surface area contributed by atoms with Crippen LogP contribution in [0.1, 0.15) is 17.8 Å². The minimum absolute atomic E-state index is 0.813. The molecule has 2 nitrogen and oxygen atoms in total. The van der Waals surface area contributed by atoms with Gasteiger partial charge in [0.1, 0.15) is 5.01 Å². The lowest BCUT2D eigenvalue weighted by atomic mass is 10.2. The Labute approximate surface area is 122 Å². The smallest absolute Gasteiger partial charge is 0.107 e. The van der Waals surface area contributed by atoms with Gasteiger partial charge in [-0.25, -0.2) is 4.98 Å². The monoisotopic (exact) mass is 290 g/mol. The minimum atomic E-state index is 0.813. The molecular weight excluding hydrogens is 272 g/mol. The van der Waals surface area contributed by atoms with Crippen LogP contribution in [-0.4, -0.2) is 22.5 Å². The number of aromatic nitrogens is 1. The van der Waals surface area contributed by atoms with Crippen molar-refractivity contribution in [3.63, 3.8) is 0 Å². The van der Waals surface area contributed by atoms with Crippen LogP contribution in [0.15, 0.2) is 35.7 Å². The summed E-state index contributed by atoms with van der Waals surface area (Å²) in [4.78, 5) is 4.69. The maximum Gasteiger partial charge on any atom is 0.107 e. The Bertz CT molecular complexity index is 504. The van der Waals surface area contributed by atoms with Crippen molar-refractivity contribution in [3.8, 4) is 11.3 Å². The van der Waals surface area contributed by atoms with Crippen molar-refractivity contribution in [2.45, 2.75) is 24.6 Å². The van der Waals surface area contributed by atoms with Crippen LogP contribution < -0.4 is 5.32 Å². The van der Waals surface area contributed by atoms with Crippen molar-refractivity contribution < 1.29 is 0 Å². The molecule has 1 aliphatic rings. The molecule has 19 heavy (non-hydrogen) atoms. The second-order valence-corrected chi connectivity index (χ2v) is 7.11. The van der Waals surface area contributed by atoms with Gasteiger partial charge in [0.05, 0.1) is 5.69 Å². The molecule has 1 unspecified atom stereocenters. The molecule has 100 valence electrons. The first-order valence-electron chi connectivity index (χ1n) is 6.74. The summed E-state index contributed by atoms with van der Waals surface area (Å²) in [5, 5.41) is 7.68. The molecule has 1 N–H and O–H groups in total. The molecule has 1 atom stereocenters. The highest BCUT2D eigenvalue weighted by atomic mass is 32.2. The summed E-state index contributed by atoms with van der Waals surface area (Å²) in [6.45, 7) is 2.01. The first-order chi connectivity index (χ1) is 9.42. The van der Waals surface area contributed by atoms with E-state index in [0.29, 0.717) is 0 Å². The highest BCUT2D eigenvalue weighted by Gasteiger charge is 2.14. The predicted molar refractivity (Wildman–Crippen MR) is 84.7 cm³/mol. The third kappa shape index (κ3) is 3.59. The summed E-state index contributed by atoms with van der Waals surface area (Å²) in [6, 6.07) is 10.4. The highest BCUT2D eigenvalue weighted by molar-refractivity contribution is 8.00. The molecule has 1 aromatic carbocycles. The minimum Gasteiger partial charge on any atom is -0.309 e. The number of benzene rings is 1. The van der Waals surface area contributed by atoms with E-state index >= 15 is 0 Å². The maximum atomic E-state index is 4.69. The standard InChI is InChI=1S/C15H18N2S2/c1-2-5-12(6-3-1)14-11-19-15(17-14)10-16-9-13-7-4-8-18-13/h1-3,5-6,11,13,16H,4,7-10H2. The highest BCUT2D eigenvalue weighted by Crippen LogP contribution is 2.25. The van der Waals surface area contributed by atoms with Gasteiger partial charge in [-0.1, -0.05) is 30.3 Å². The van der Waals surface area contributed by atoms with E-state index in [-0.39, 0.29) is 0 Å². The summed E-state index contributed by atoms with van der Waals surface area (Å²) < 4.78 is 0. The van der Waals surface area contributed by atoms with Gasteiger partial charge in [0.25, 0.3) is 0 Å². The second-order valence-electron chi connectivity index (χ2n) is 4.76. The summed E-state index contributed by atoms with van der Waals surface area (Å²) in [6.07, 6.45) is 2.75. The molecular formula is C15H18N2S2. The molecule has 0 spiro atoms. The summed E-state index contributed by atoms with van der Waals surface area (Å²) in [5.74, 6) is 1.34. The van der Waals surface area contributed by atoms with Gasteiger partial charge in [-0.2, -0.15) is 11.8 Å². The van der Waals surface area contributed by atoms with Crippen LogP contribution in [-0.2, 0) is 6.54 Å². The molecule has 1 aromatic heterocycles. The van der Waals surface area contributed by atoms with Gasteiger partial charge < -0.3 is 5.32 Å². The first kappa shape index (κ1) is 13.2. The number of rotatable bonds is 5. The second kappa shape index (κ2) is 6.55. The van der Waals surface area contributed by atoms with Gasteiger partial charge in [0.2, 0.25) is 0 Å². The van der Waals surface area contributed by atoms with Gasteiger partial charge in [-0.05, 0) is 18.6 Å². The number of thiazole rings is 1. The Morgan fingerprint density at radius 1 is 1.26 bits per heavy atom. The van der Waals surface area contributed by atoms with Crippen molar-refractivity contribution in [2.24, 2.45) is 0 Å². The molecule has 0 aliphatic carbocycles. The van der Waals surface area contributed by atoms with Crippen molar-refractivity contribution in [1.29, 1.82) is 0 Å². The SMILES string of the molecule is c1ccc(-c2csc(CNCC3CCCS3)n2)cc1. The van der Waals surface area contributed by atoms with Crippen LogP contribution >= 0.6 is 23.1 Å². The number of thioether (sulfide) groups is 1. The molecule has 2 heterocycles. The average Bonchev–Trinajstić information content (AvgIpc) is 3.11. The van der Waals surface area contributed by atoms with E-state index in [1.807, 2.05) is 6.07 Å². The van der Waals surface area contributed by atoms with E-state index in [2.05, 4.69) is 46.7 Å². The third-order valence-corrected chi connectivity index (χ3v) is 5.54. The van der Waals surface area contributed by atoms with Crippen molar-refractivity contribution in [2.75, 3.05) is 12.3 Å². The molecule has 0 bridgehead atoms. The fourth-order valence-corrected chi connectivity index (χ4v) is 4.29. The summed E-state index contributed by atoms with van der Waals surface area (Å²) in [5.41, 5.74) is 2.30. The number of nitrogens with one attached hydrogen (secondary N) is 1. The topological polar surface area (TPSA) is 24.9 Å². The Balaban J connectivity index is 1.53. The molecule has 2 aromatic rings. The first-order valence-corrected chi connectivity index (χ1v) is 8.67.